The van der Waals surface area contributed by atoms with E-state index in [2.05, 4.69) is 70.7 Å². The molecular weight excluding hydrogens is 290 g/mol. The molecule has 2 aromatic heterocycles. The van der Waals surface area contributed by atoms with Gasteiger partial charge in [0.25, 0.3) is 0 Å². The summed E-state index contributed by atoms with van der Waals surface area (Å²) in [5, 5.41) is 9.21. The summed E-state index contributed by atoms with van der Waals surface area (Å²) in [6.45, 7) is 2.17. The van der Waals surface area contributed by atoms with E-state index < -0.39 is 0 Å². The summed E-state index contributed by atoms with van der Waals surface area (Å²) < 4.78 is 0. The van der Waals surface area contributed by atoms with Gasteiger partial charge >= 0.3 is 0 Å². The molecule has 0 saturated carbocycles. The molecule has 0 spiro atoms. The van der Waals surface area contributed by atoms with Crippen molar-refractivity contribution in [3.05, 3.63) is 65.8 Å². The zero-order valence-corrected chi connectivity index (χ0v) is 13.0. The van der Waals surface area contributed by atoms with Crippen molar-refractivity contribution in [2.24, 2.45) is 0 Å². The molecule has 0 bridgehead atoms. The van der Waals surface area contributed by atoms with Gasteiger partial charge in [0.15, 0.2) is 0 Å². The van der Waals surface area contributed by atoms with Gasteiger partial charge in [-0.05, 0) is 34.7 Å². The highest BCUT2D eigenvalue weighted by atomic mass is 32.1. The largest absolute Gasteiger partial charge is 0.363 e. The Morgan fingerprint density at radius 2 is 1.82 bits per heavy atom. The highest BCUT2D eigenvalue weighted by molar-refractivity contribution is 7.16. The van der Waals surface area contributed by atoms with E-state index in [1.165, 1.54) is 16.3 Å². The minimum atomic E-state index is 0.170. The van der Waals surface area contributed by atoms with Gasteiger partial charge in [0.2, 0.25) is 0 Å². The maximum Gasteiger partial charge on any atom is 0.138 e. The Morgan fingerprint density at radius 3 is 2.77 bits per heavy atom. The average molecular weight is 305 g/mol. The van der Waals surface area contributed by atoms with Crippen LogP contribution in [0.15, 0.2) is 60.2 Å². The standard InChI is InChI=1S/C18H15N3S/c1-12(14-8-4-6-13-5-2-3-7-15(13)14)21-17-16-9-10-22-18(16)20-11-19-17/h2-12H,1H3,(H,19,20,21)/t12-/m1/s1. The maximum absolute atomic E-state index is 4.41. The number of hydrogen-bond donors (Lipinski definition) is 1. The van der Waals surface area contributed by atoms with Crippen molar-refractivity contribution >= 4 is 38.1 Å². The van der Waals surface area contributed by atoms with E-state index in [9.17, 15) is 0 Å². The van der Waals surface area contributed by atoms with Crippen LogP contribution in [0.5, 0.6) is 0 Å². The molecule has 4 heteroatoms. The molecule has 1 atom stereocenters. The van der Waals surface area contributed by atoms with E-state index in [-0.39, 0.29) is 6.04 Å². The molecule has 4 aromatic rings. The van der Waals surface area contributed by atoms with Crippen LogP contribution < -0.4 is 5.32 Å². The van der Waals surface area contributed by atoms with E-state index in [4.69, 9.17) is 0 Å². The van der Waals surface area contributed by atoms with Crippen LogP contribution in [0.3, 0.4) is 0 Å². The van der Waals surface area contributed by atoms with Gasteiger partial charge in [0.1, 0.15) is 17.0 Å². The number of anilines is 1. The van der Waals surface area contributed by atoms with Crippen molar-refractivity contribution in [2.75, 3.05) is 5.32 Å². The van der Waals surface area contributed by atoms with Crippen LogP contribution in [0, 0.1) is 0 Å². The van der Waals surface area contributed by atoms with Crippen molar-refractivity contribution in [3.63, 3.8) is 0 Å². The summed E-state index contributed by atoms with van der Waals surface area (Å²) >= 11 is 1.64. The monoisotopic (exact) mass is 305 g/mol. The predicted molar refractivity (Wildman–Crippen MR) is 93.4 cm³/mol. The average Bonchev–Trinajstić information content (AvgIpc) is 3.04. The zero-order valence-electron chi connectivity index (χ0n) is 12.2. The van der Waals surface area contributed by atoms with Gasteiger partial charge in [-0.15, -0.1) is 11.3 Å². The fraction of sp³-hybridized carbons (Fsp3) is 0.111. The van der Waals surface area contributed by atoms with Crippen LogP contribution in [0.2, 0.25) is 0 Å². The van der Waals surface area contributed by atoms with E-state index >= 15 is 0 Å². The summed E-state index contributed by atoms with van der Waals surface area (Å²) in [5.41, 5.74) is 1.28. The normalized spacial score (nSPS) is 12.6. The molecule has 2 heterocycles. The quantitative estimate of drug-likeness (QED) is 0.577. The fourth-order valence-corrected chi connectivity index (χ4v) is 3.55. The van der Waals surface area contributed by atoms with Gasteiger partial charge in [0.05, 0.1) is 11.4 Å². The third-order valence-corrected chi connectivity index (χ3v) is 4.73. The molecular formula is C18H15N3S. The van der Waals surface area contributed by atoms with Crippen LogP contribution in [0.1, 0.15) is 18.5 Å². The van der Waals surface area contributed by atoms with Gasteiger partial charge in [-0.3, -0.25) is 0 Å². The lowest BCUT2D eigenvalue weighted by Gasteiger charge is -2.17. The van der Waals surface area contributed by atoms with Gasteiger partial charge in [-0.25, -0.2) is 9.97 Å². The molecule has 0 radical (unpaired) electrons. The number of aromatic nitrogens is 2. The molecule has 0 aliphatic rings. The number of fused-ring (bicyclic) bond motifs is 2. The minimum Gasteiger partial charge on any atom is -0.363 e. The van der Waals surface area contributed by atoms with E-state index in [1.54, 1.807) is 17.7 Å². The Morgan fingerprint density at radius 1 is 0.955 bits per heavy atom. The third-order valence-electron chi connectivity index (χ3n) is 3.90. The Balaban J connectivity index is 1.75. The number of nitrogens with one attached hydrogen (secondary N) is 1. The van der Waals surface area contributed by atoms with E-state index in [0.29, 0.717) is 0 Å². The van der Waals surface area contributed by atoms with Crippen molar-refractivity contribution in [1.29, 1.82) is 0 Å². The van der Waals surface area contributed by atoms with E-state index in [0.717, 1.165) is 16.0 Å². The molecule has 0 fully saturated rings. The number of benzene rings is 2. The van der Waals surface area contributed by atoms with Gasteiger partial charge in [-0.1, -0.05) is 42.5 Å². The third kappa shape index (κ3) is 2.22. The second kappa shape index (κ2) is 5.39. The summed E-state index contributed by atoms with van der Waals surface area (Å²) in [7, 11) is 0. The minimum absolute atomic E-state index is 0.170. The van der Waals surface area contributed by atoms with Crippen LogP contribution in [0.25, 0.3) is 21.0 Å². The van der Waals surface area contributed by atoms with Gasteiger partial charge in [0, 0.05) is 0 Å². The molecule has 0 saturated heterocycles. The molecule has 4 rings (SSSR count). The molecule has 108 valence electrons. The van der Waals surface area contributed by atoms with Gasteiger partial charge in [-0.2, -0.15) is 0 Å². The van der Waals surface area contributed by atoms with Crippen LogP contribution in [-0.4, -0.2) is 9.97 Å². The van der Waals surface area contributed by atoms with Crippen molar-refractivity contribution in [2.45, 2.75) is 13.0 Å². The molecule has 0 amide bonds. The van der Waals surface area contributed by atoms with Crippen molar-refractivity contribution in [3.8, 4) is 0 Å². The first kappa shape index (κ1) is 13.2. The second-order valence-electron chi connectivity index (χ2n) is 5.30. The predicted octanol–water partition coefficient (Wildman–Crippen LogP) is 5.02. The molecule has 22 heavy (non-hydrogen) atoms. The first-order chi connectivity index (χ1) is 10.8. The molecule has 0 aliphatic carbocycles. The fourth-order valence-electron chi connectivity index (χ4n) is 2.82. The number of rotatable bonds is 3. The zero-order chi connectivity index (χ0) is 14.9. The molecule has 3 nitrogen and oxygen atoms in total. The molecule has 2 aromatic carbocycles. The lowest BCUT2D eigenvalue weighted by Crippen LogP contribution is -2.08. The van der Waals surface area contributed by atoms with Crippen molar-refractivity contribution < 1.29 is 0 Å². The maximum atomic E-state index is 4.41. The van der Waals surface area contributed by atoms with Gasteiger partial charge < -0.3 is 5.32 Å². The van der Waals surface area contributed by atoms with Crippen LogP contribution in [0.4, 0.5) is 5.82 Å². The first-order valence-corrected chi connectivity index (χ1v) is 8.13. The van der Waals surface area contributed by atoms with Crippen LogP contribution in [-0.2, 0) is 0 Å². The topological polar surface area (TPSA) is 37.8 Å². The molecule has 0 aliphatic heterocycles. The SMILES string of the molecule is C[C@@H](Nc1ncnc2sccc12)c1cccc2ccccc12. The second-order valence-corrected chi connectivity index (χ2v) is 6.19. The number of nitrogens with zero attached hydrogens (tertiary/aromatic N) is 2. The summed E-state index contributed by atoms with van der Waals surface area (Å²) in [6, 6.07) is 17.1. The summed E-state index contributed by atoms with van der Waals surface area (Å²) in [6.07, 6.45) is 1.62. The lowest BCUT2D eigenvalue weighted by molar-refractivity contribution is 0.885. The summed E-state index contributed by atoms with van der Waals surface area (Å²) in [4.78, 5) is 9.72. The number of thiophene rings is 1. The van der Waals surface area contributed by atoms with Crippen LogP contribution >= 0.6 is 11.3 Å². The summed E-state index contributed by atoms with van der Waals surface area (Å²) in [5.74, 6) is 0.895. The Bertz CT molecular complexity index is 940. The molecule has 1 N–H and O–H groups in total. The first-order valence-electron chi connectivity index (χ1n) is 7.25. The molecule has 0 unspecified atom stereocenters. The number of hydrogen-bond acceptors (Lipinski definition) is 4. The van der Waals surface area contributed by atoms with E-state index in [1.807, 2.05) is 5.38 Å². The Kier molecular flexibility index (Phi) is 3.24. The highest BCUT2D eigenvalue weighted by Crippen LogP contribution is 2.29. The Labute approximate surface area is 132 Å². The smallest absolute Gasteiger partial charge is 0.138 e. The Hall–Kier alpha value is -2.46. The lowest BCUT2D eigenvalue weighted by atomic mass is 10.00. The highest BCUT2D eigenvalue weighted by Gasteiger charge is 2.12. The van der Waals surface area contributed by atoms with Crippen molar-refractivity contribution in [1.82, 2.24) is 9.97 Å².